The van der Waals surface area contributed by atoms with Crippen LogP contribution in [0.5, 0.6) is 0 Å². The van der Waals surface area contributed by atoms with Crippen molar-refractivity contribution in [2.45, 2.75) is 26.7 Å². The highest BCUT2D eigenvalue weighted by molar-refractivity contribution is 6.02. The summed E-state index contributed by atoms with van der Waals surface area (Å²) in [4.78, 5) is 23.1. The Labute approximate surface area is 99.7 Å². The van der Waals surface area contributed by atoms with E-state index in [9.17, 15) is 9.59 Å². The zero-order valence-electron chi connectivity index (χ0n) is 10.0. The molecule has 0 atom stereocenters. The fourth-order valence-corrected chi connectivity index (χ4v) is 1.16. The molecule has 0 N–H and O–H groups in total. The Morgan fingerprint density at radius 1 is 1.00 bits per heavy atom. The highest BCUT2D eigenvalue weighted by Crippen LogP contribution is 2.13. The molecule has 0 fully saturated rings. The lowest BCUT2D eigenvalue weighted by Crippen LogP contribution is -2.12. The molecule has 5 nitrogen and oxygen atoms in total. The maximum atomic E-state index is 11.6. The Balaban J connectivity index is 2.71. The number of hydrogen-bond acceptors (Lipinski definition) is 5. The van der Waals surface area contributed by atoms with Gasteiger partial charge >= 0.3 is 11.9 Å². The summed E-state index contributed by atoms with van der Waals surface area (Å²) in [6.07, 6.45) is 3.83. The van der Waals surface area contributed by atoms with E-state index in [1.54, 1.807) is 0 Å². The molecule has 0 spiro atoms. The summed E-state index contributed by atoms with van der Waals surface area (Å²) in [5.41, 5.74) is 0.221. The van der Waals surface area contributed by atoms with Gasteiger partial charge in [-0.25, -0.2) is 9.59 Å². The summed E-state index contributed by atoms with van der Waals surface area (Å²) in [5.74, 6) is -1.13. The van der Waals surface area contributed by atoms with Crippen molar-refractivity contribution < 1.29 is 23.5 Å². The van der Waals surface area contributed by atoms with Gasteiger partial charge in [-0.05, 0) is 12.8 Å². The van der Waals surface area contributed by atoms with E-state index in [0.717, 1.165) is 12.8 Å². The highest BCUT2D eigenvalue weighted by atomic mass is 16.5. The third kappa shape index (κ3) is 3.62. The van der Waals surface area contributed by atoms with Crippen molar-refractivity contribution in [3.05, 3.63) is 23.7 Å². The molecular formula is C12H16O5. The summed E-state index contributed by atoms with van der Waals surface area (Å²) in [7, 11) is 0. The molecule has 1 rings (SSSR count). The van der Waals surface area contributed by atoms with Gasteiger partial charge in [0.25, 0.3) is 0 Å². The highest BCUT2D eigenvalue weighted by Gasteiger charge is 2.21. The third-order valence-electron chi connectivity index (χ3n) is 1.98. The van der Waals surface area contributed by atoms with Crippen LogP contribution >= 0.6 is 0 Å². The van der Waals surface area contributed by atoms with Gasteiger partial charge in [0, 0.05) is 0 Å². The number of furan rings is 1. The van der Waals surface area contributed by atoms with E-state index in [2.05, 4.69) is 0 Å². The van der Waals surface area contributed by atoms with E-state index in [4.69, 9.17) is 13.9 Å². The van der Waals surface area contributed by atoms with Crippen LogP contribution < -0.4 is 0 Å². The minimum Gasteiger partial charge on any atom is -0.471 e. The summed E-state index contributed by atoms with van der Waals surface area (Å²) >= 11 is 0. The molecule has 0 aliphatic heterocycles. The lowest BCUT2D eigenvalue weighted by atomic mass is 10.2. The Bertz CT molecular complexity index is 346. The van der Waals surface area contributed by atoms with Gasteiger partial charge < -0.3 is 13.9 Å². The van der Waals surface area contributed by atoms with Gasteiger partial charge in [-0.1, -0.05) is 13.8 Å². The topological polar surface area (TPSA) is 65.7 Å². The fourth-order valence-electron chi connectivity index (χ4n) is 1.16. The predicted octanol–water partition coefficient (Wildman–Crippen LogP) is 2.41. The van der Waals surface area contributed by atoms with Crippen LogP contribution in [0.3, 0.4) is 0 Å². The van der Waals surface area contributed by atoms with Crippen LogP contribution in [0.15, 0.2) is 16.9 Å². The zero-order chi connectivity index (χ0) is 12.7. The van der Waals surface area contributed by atoms with Gasteiger partial charge in [-0.3, -0.25) is 0 Å². The predicted molar refractivity (Wildman–Crippen MR) is 59.9 cm³/mol. The van der Waals surface area contributed by atoms with Gasteiger partial charge in [0.15, 0.2) is 0 Å². The van der Waals surface area contributed by atoms with Gasteiger partial charge in [-0.2, -0.15) is 0 Å². The largest absolute Gasteiger partial charge is 0.471 e. The first kappa shape index (κ1) is 13.3. The van der Waals surface area contributed by atoms with Crippen molar-refractivity contribution in [2.24, 2.45) is 0 Å². The van der Waals surface area contributed by atoms with Crippen LogP contribution in [-0.4, -0.2) is 25.2 Å². The molecule has 0 amide bonds. The maximum absolute atomic E-state index is 11.6. The second-order valence-corrected chi connectivity index (χ2v) is 3.47. The van der Waals surface area contributed by atoms with Crippen molar-refractivity contribution in [1.82, 2.24) is 0 Å². The molecule has 5 heteroatoms. The van der Waals surface area contributed by atoms with E-state index < -0.39 is 11.9 Å². The number of ether oxygens (including phenoxy) is 2. The molecule has 0 bridgehead atoms. The number of esters is 2. The normalized spacial score (nSPS) is 10.0. The summed E-state index contributed by atoms with van der Waals surface area (Å²) < 4.78 is 14.7. The Morgan fingerprint density at radius 2 is 1.41 bits per heavy atom. The zero-order valence-corrected chi connectivity index (χ0v) is 10.0. The quantitative estimate of drug-likeness (QED) is 0.714. The standard InChI is InChI=1S/C12H16O5/c1-3-5-16-11(13)9-7-15-8-10(9)12(14)17-6-4-2/h7-8H,3-6H2,1-2H3. The lowest BCUT2D eigenvalue weighted by molar-refractivity contribution is 0.0459. The van der Waals surface area contributed by atoms with Crippen LogP contribution in [0.1, 0.15) is 47.4 Å². The number of carbonyl (C=O) groups is 2. The van der Waals surface area contributed by atoms with Crippen molar-refractivity contribution >= 4 is 11.9 Å². The van der Waals surface area contributed by atoms with E-state index in [1.165, 1.54) is 12.5 Å². The van der Waals surface area contributed by atoms with Crippen LogP contribution in [0.4, 0.5) is 0 Å². The Morgan fingerprint density at radius 3 is 1.76 bits per heavy atom. The SMILES string of the molecule is CCCOC(=O)c1cocc1C(=O)OCCC. The monoisotopic (exact) mass is 240 g/mol. The third-order valence-corrected chi connectivity index (χ3v) is 1.98. The van der Waals surface area contributed by atoms with Crippen LogP contribution in [0, 0.1) is 0 Å². The molecule has 17 heavy (non-hydrogen) atoms. The molecular weight excluding hydrogens is 224 g/mol. The van der Waals surface area contributed by atoms with E-state index in [-0.39, 0.29) is 11.1 Å². The van der Waals surface area contributed by atoms with Crippen LogP contribution in [0.25, 0.3) is 0 Å². The average Bonchev–Trinajstić information content (AvgIpc) is 2.82. The lowest BCUT2D eigenvalue weighted by Gasteiger charge is -2.04. The molecule has 0 aliphatic carbocycles. The molecule has 94 valence electrons. The molecule has 1 heterocycles. The van der Waals surface area contributed by atoms with E-state index in [1.807, 2.05) is 13.8 Å². The first-order chi connectivity index (χ1) is 8.20. The maximum Gasteiger partial charge on any atom is 0.342 e. The van der Waals surface area contributed by atoms with Crippen molar-refractivity contribution in [1.29, 1.82) is 0 Å². The Hall–Kier alpha value is -1.78. The first-order valence-electron chi connectivity index (χ1n) is 5.61. The van der Waals surface area contributed by atoms with Gasteiger partial charge in [0.05, 0.1) is 13.2 Å². The van der Waals surface area contributed by atoms with Crippen LogP contribution in [0.2, 0.25) is 0 Å². The number of carbonyl (C=O) groups excluding carboxylic acids is 2. The number of hydrogen-bond donors (Lipinski definition) is 0. The Kier molecular flexibility index (Phi) is 5.26. The second kappa shape index (κ2) is 6.73. The van der Waals surface area contributed by atoms with E-state index in [0.29, 0.717) is 13.2 Å². The summed E-state index contributed by atoms with van der Waals surface area (Å²) in [6.45, 7) is 4.40. The molecule has 0 aliphatic rings. The van der Waals surface area contributed by atoms with Crippen molar-refractivity contribution in [2.75, 3.05) is 13.2 Å². The van der Waals surface area contributed by atoms with E-state index >= 15 is 0 Å². The minimum atomic E-state index is -0.566. The fraction of sp³-hybridized carbons (Fsp3) is 0.500. The van der Waals surface area contributed by atoms with Crippen molar-refractivity contribution in [3.63, 3.8) is 0 Å². The molecule has 1 aromatic rings. The van der Waals surface area contributed by atoms with Crippen LogP contribution in [-0.2, 0) is 9.47 Å². The second-order valence-electron chi connectivity index (χ2n) is 3.47. The van der Waals surface area contributed by atoms with Gasteiger partial charge in [0.2, 0.25) is 0 Å². The molecule has 0 saturated heterocycles. The molecule has 1 aromatic heterocycles. The molecule has 0 aromatic carbocycles. The van der Waals surface area contributed by atoms with Gasteiger partial charge in [0.1, 0.15) is 23.7 Å². The average molecular weight is 240 g/mol. The van der Waals surface area contributed by atoms with Gasteiger partial charge in [-0.15, -0.1) is 0 Å². The summed E-state index contributed by atoms with van der Waals surface area (Å²) in [5, 5.41) is 0. The molecule has 0 saturated carbocycles. The summed E-state index contributed by atoms with van der Waals surface area (Å²) in [6, 6.07) is 0. The molecule has 0 unspecified atom stereocenters. The molecule has 0 radical (unpaired) electrons. The smallest absolute Gasteiger partial charge is 0.342 e. The minimum absolute atomic E-state index is 0.111. The van der Waals surface area contributed by atoms with Crippen molar-refractivity contribution in [3.8, 4) is 0 Å². The first-order valence-corrected chi connectivity index (χ1v) is 5.61. The number of rotatable bonds is 6.